The largest absolute Gasteiger partial charge is 0.343 e. The molecule has 2 aromatic heterocycles. The zero-order valence-electron chi connectivity index (χ0n) is 18.4. The van der Waals surface area contributed by atoms with Crippen molar-refractivity contribution in [2.45, 2.75) is 26.7 Å². The molecule has 7 heteroatoms. The predicted molar refractivity (Wildman–Crippen MR) is 129 cm³/mol. The fourth-order valence-electron chi connectivity index (χ4n) is 4.61. The topological polar surface area (TPSA) is 66.4 Å². The molecule has 1 saturated heterocycles. The van der Waals surface area contributed by atoms with Crippen molar-refractivity contribution in [3.63, 3.8) is 0 Å². The molecule has 0 bridgehead atoms. The number of carbonyl (C=O) groups excluding carboxylic acids is 2. The van der Waals surface area contributed by atoms with Crippen molar-refractivity contribution in [1.82, 2.24) is 19.8 Å². The SMILES string of the molecule is CCN(CC)C(=O)[C@H]1CCCN(C(=O)c2ccc3sc4nc5ccccc5nc4c3c2)C1. The van der Waals surface area contributed by atoms with Gasteiger partial charge < -0.3 is 9.80 Å². The van der Waals surface area contributed by atoms with Gasteiger partial charge >= 0.3 is 0 Å². The summed E-state index contributed by atoms with van der Waals surface area (Å²) in [7, 11) is 0. The number of amides is 2. The second-order valence-corrected chi connectivity index (χ2v) is 9.31. The minimum absolute atomic E-state index is 0.0166. The number of aromatic nitrogens is 2. The Balaban J connectivity index is 1.46. The Morgan fingerprint density at radius 1 is 1.09 bits per heavy atom. The fraction of sp³-hybridized carbons (Fsp3) is 0.360. The highest BCUT2D eigenvalue weighted by Crippen LogP contribution is 2.33. The molecule has 6 nitrogen and oxygen atoms in total. The van der Waals surface area contributed by atoms with Crippen LogP contribution in [0.5, 0.6) is 0 Å². The molecule has 1 atom stereocenters. The molecule has 1 aliphatic rings. The van der Waals surface area contributed by atoms with Crippen molar-refractivity contribution in [3.8, 4) is 0 Å². The van der Waals surface area contributed by atoms with E-state index in [9.17, 15) is 9.59 Å². The third-order valence-electron chi connectivity index (χ3n) is 6.36. The van der Waals surface area contributed by atoms with Crippen molar-refractivity contribution >= 4 is 54.6 Å². The minimum atomic E-state index is -0.115. The van der Waals surface area contributed by atoms with E-state index >= 15 is 0 Å². The predicted octanol–water partition coefficient (Wildman–Crippen LogP) is 4.72. The first kappa shape index (κ1) is 20.8. The van der Waals surface area contributed by atoms with Crippen LogP contribution in [0.25, 0.3) is 31.5 Å². The molecule has 0 aliphatic carbocycles. The quantitative estimate of drug-likeness (QED) is 0.455. The standard InChI is InChI=1S/C25H26N4O2S/c1-3-28(4-2)25(31)17-8-7-13-29(15-17)24(30)16-11-12-21-18(14-16)22-23(32-21)27-20-10-6-5-9-19(20)26-22/h5-6,9-12,14,17H,3-4,7-8,13,15H2,1-2H3/t17-/m0/s1. The number of likely N-dealkylation sites (tertiary alicyclic amines) is 1. The van der Waals surface area contributed by atoms with Crippen molar-refractivity contribution in [2.75, 3.05) is 26.2 Å². The van der Waals surface area contributed by atoms with E-state index in [0.717, 1.165) is 44.3 Å². The van der Waals surface area contributed by atoms with Crippen molar-refractivity contribution < 1.29 is 9.59 Å². The van der Waals surface area contributed by atoms with Gasteiger partial charge in [0.2, 0.25) is 5.91 Å². The summed E-state index contributed by atoms with van der Waals surface area (Å²) >= 11 is 1.60. The van der Waals surface area contributed by atoms with E-state index in [4.69, 9.17) is 9.97 Å². The van der Waals surface area contributed by atoms with Gasteiger partial charge in [0.15, 0.2) is 0 Å². The van der Waals surface area contributed by atoms with Crippen LogP contribution in [0.15, 0.2) is 42.5 Å². The van der Waals surface area contributed by atoms with E-state index in [1.165, 1.54) is 0 Å². The van der Waals surface area contributed by atoms with E-state index < -0.39 is 0 Å². The lowest BCUT2D eigenvalue weighted by Gasteiger charge is -2.34. The number of hydrogen-bond acceptors (Lipinski definition) is 5. The molecule has 164 valence electrons. The van der Waals surface area contributed by atoms with Crippen LogP contribution in [0.4, 0.5) is 0 Å². The number of thiophene rings is 1. The number of benzene rings is 2. The Bertz CT molecular complexity index is 1330. The molecule has 1 fully saturated rings. The van der Waals surface area contributed by atoms with E-state index in [-0.39, 0.29) is 17.7 Å². The Morgan fingerprint density at radius 3 is 2.59 bits per heavy atom. The van der Waals surface area contributed by atoms with Gasteiger partial charge in [0.25, 0.3) is 5.91 Å². The molecular weight excluding hydrogens is 420 g/mol. The van der Waals surface area contributed by atoms with Crippen LogP contribution < -0.4 is 0 Å². The van der Waals surface area contributed by atoms with E-state index in [1.807, 2.05) is 66.1 Å². The average molecular weight is 447 g/mol. The molecule has 3 heterocycles. The molecular formula is C25H26N4O2S. The fourth-order valence-corrected chi connectivity index (χ4v) is 5.62. The Labute approximate surface area is 190 Å². The first-order valence-electron chi connectivity index (χ1n) is 11.3. The summed E-state index contributed by atoms with van der Waals surface area (Å²) < 4.78 is 1.07. The first-order valence-corrected chi connectivity index (χ1v) is 12.1. The van der Waals surface area contributed by atoms with Gasteiger partial charge in [-0.25, -0.2) is 9.97 Å². The van der Waals surface area contributed by atoms with Gasteiger partial charge in [-0.05, 0) is 57.0 Å². The smallest absolute Gasteiger partial charge is 0.253 e. The van der Waals surface area contributed by atoms with Gasteiger partial charge in [0.1, 0.15) is 10.3 Å². The summed E-state index contributed by atoms with van der Waals surface area (Å²) in [5.41, 5.74) is 3.21. The van der Waals surface area contributed by atoms with Gasteiger partial charge in [-0.15, -0.1) is 11.3 Å². The summed E-state index contributed by atoms with van der Waals surface area (Å²) in [5.74, 6) is 0.0292. The van der Waals surface area contributed by atoms with Gasteiger partial charge in [0, 0.05) is 41.8 Å². The van der Waals surface area contributed by atoms with Crippen LogP contribution in [-0.2, 0) is 4.79 Å². The molecule has 0 N–H and O–H groups in total. The van der Waals surface area contributed by atoms with Crippen LogP contribution >= 0.6 is 11.3 Å². The minimum Gasteiger partial charge on any atom is -0.343 e. The van der Waals surface area contributed by atoms with E-state index in [1.54, 1.807) is 11.3 Å². The van der Waals surface area contributed by atoms with Crippen LogP contribution in [0, 0.1) is 5.92 Å². The lowest BCUT2D eigenvalue weighted by Crippen LogP contribution is -2.46. The number of rotatable bonds is 4. The summed E-state index contributed by atoms with van der Waals surface area (Å²) in [5, 5.41) is 0.960. The van der Waals surface area contributed by atoms with Gasteiger partial charge in [-0.2, -0.15) is 0 Å². The van der Waals surface area contributed by atoms with Crippen LogP contribution in [0.1, 0.15) is 37.0 Å². The summed E-state index contributed by atoms with van der Waals surface area (Å²) in [6.45, 7) is 6.59. The maximum absolute atomic E-state index is 13.4. The zero-order chi connectivity index (χ0) is 22.2. The van der Waals surface area contributed by atoms with Gasteiger partial charge in [-0.3, -0.25) is 9.59 Å². The Kier molecular flexibility index (Phi) is 5.51. The third kappa shape index (κ3) is 3.60. The van der Waals surface area contributed by atoms with Crippen molar-refractivity contribution in [3.05, 3.63) is 48.0 Å². The number of fused-ring (bicyclic) bond motifs is 4. The maximum atomic E-state index is 13.4. The molecule has 4 aromatic rings. The number of hydrogen-bond donors (Lipinski definition) is 0. The maximum Gasteiger partial charge on any atom is 0.253 e. The monoisotopic (exact) mass is 446 g/mol. The average Bonchev–Trinajstić information content (AvgIpc) is 3.19. The molecule has 0 unspecified atom stereocenters. The lowest BCUT2D eigenvalue weighted by atomic mass is 9.95. The Morgan fingerprint density at radius 2 is 1.84 bits per heavy atom. The second kappa shape index (κ2) is 8.47. The van der Waals surface area contributed by atoms with E-state index in [2.05, 4.69) is 0 Å². The van der Waals surface area contributed by atoms with E-state index in [0.29, 0.717) is 31.7 Å². The number of carbonyl (C=O) groups is 2. The van der Waals surface area contributed by atoms with Crippen LogP contribution in [0.2, 0.25) is 0 Å². The normalized spacial score (nSPS) is 16.7. The summed E-state index contributed by atoms with van der Waals surface area (Å²) in [4.78, 5) is 40.4. The van der Waals surface area contributed by atoms with Crippen molar-refractivity contribution in [1.29, 1.82) is 0 Å². The molecule has 0 spiro atoms. The highest BCUT2D eigenvalue weighted by Gasteiger charge is 2.31. The van der Waals surface area contributed by atoms with Crippen LogP contribution in [0.3, 0.4) is 0 Å². The molecule has 1 aliphatic heterocycles. The number of piperidine rings is 1. The number of nitrogens with zero attached hydrogens (tertiary/aromatic N) is 4. The first-order chi connectivity index (χ1) is 15.6. The third-order valence-corrected chi connectivity index (χ3v) is 7.41. The molecule has 32 heavy (non-hydrogen) atoms. The van der Waals surface area contributed by atoms with Gasteiger partial charge in [-0.1, -0.05) is 12.1 Å². The highest BCUT2D eigenvalue weighted by atomic mass is 32.1. The molecule has 0 radical (unpaired) electrons. The number of para-hydroxylation sites is 2. The zero-order valence-corrected chi connectivity index (χ0v) is 19.2. The Hall–Kier alpha value is -3.06. The summed E-state index contributed by atoms with van der Waals surface area (Å²) in [6.07, 6.45) is 1.69. The summed E-state index contributed by atoms with van der Waals surface area (Å²) in [6, 6.07) is 13.7. The highest BCUT2D eigenvalue weighted by molar-refractivity contribution is 7.25. The van der Waals surface area contributed by atoms with Crippen molar-refractivity contribution in [2.24, 2.45) is 5.92 Å². The molecule has 5 rings (SSSR count). The second-order valence-electron chi connectivity index (χ2n) is 8.28. The molecule has 0 saturated carbocycles. The molecule has 2 aromatic carbocycles. The van der Waals surface area contributed by atoms with Gasteiger partial charge in [0.05, 0.1) is 17.0 Å². The van der Waals surface area contributed by atoms with Crippen LogP contribution in [-0.4, -0.2) is 57.8 Å². The molecule has 2 amide bonds. The lowest BCUT2D eigenvalue weighted by molar-refractivity contribution is -0.136.